The van der Waals surface area contributed by atoms with E-state index in [-0.39, 0.29) is 12.3 Å². The van der Waals surface area contributed by atoms with Gasteiger partial charge in [0, 0.05) is 6.42 Å². The summed E-state index contributed by atoms with van der Waals surface area (Å²) in [7, 11) is 0. The highest BCUT2D eigenvalue weighted by Gasteiger charge is 2.07. The van der Waals surface area contributed by atoms with Crippen LogP contribution in [0.25, 0.3) is 0 Å². The molecule has 0 saturated carbocycles. The summed E-state index contributed by atoms with van der Waals surface area (Å²) in [6, 6.07) is 0. The van der Waals surface area contributed by atoms with Gasteiger partial charge in [0.05, 0.1) is 0 Å². The van der Waals surface area contributed by atoms with E-state index in [0.717, 1.165) is 6.42 Å². The first kappa shape index (κ1) is 8.43. The molecule has 0 saturated heterocycles. The Morgan fingerprint density at radius 3 is 2.44 bits per heavy atom. The molecule has 0 bridgehead atoms. The summed E-state index contributed by atoms with van der Waals surface area (Å²) in [5, 5.41) is 8.29. The molecule has 9 heavy (non-hydrogen) atoms. The highest BCUT2D eigenvalue weighted by Crippen LogP contribution is 2.04. The molecule has 0 aliphatic rings. The standard InChI is InChI=1S/C6H13NO2/c1-2-5(4-7)3-6(8)9/h5H,2-4,7H2,1H3,(H,8,9)/t5-/m0/s1. The van der Waals surface area contributed by atoms with Gasteiger partial charge in [0.2, 0.25) is 0 Å². The molecule has 0 aromatic carbocycles. The minimum atomic E-state index is -0.757. The maximum Gasteiger partial charge on any atom is 0.303 e. The van der Waals surface area contributed by atoms with E-state index in [4.69, 9.17) is 10.8 Å². The lowest BCUT2D eigenvalue weighted by Gasteiger charge is -2.06. The Morgan fingerprint density at radius 2 is 2.33 bits per heavy atom. The fourth-order valence-electron chi connectivity index (χ4n) is 0.641. The number of carboxylic acid groups (broad SMARTS) is 1. The Kier molecular flexibility index (Phi) is 4.05. The molecule has 0 aliphatic heterocycles. The summed E-state index contributed by atoms with van der Waals surface area (Å²) in [6.45, 7) is 2.42. The molecule has 0 radical (unpaired) electrons. The van der Waals surface area contributed by atoms with Crippen molar-refractivity contribution in [3.63, 3.8) is 0 Å². The molecule has 0 heterocycles. The predicted octanol–water partition coefficient (Wildman–Crippen LogP) is 0.446. The number of nitrogens with two attached hydrogens (primary N) is 1. The van der Waals surface area contributed by atoms with Gasteiger partial charge in [-0.15, -0.1) is 0 Å². The number of rotatable bonds is 4. The molecule has 3 nitrogen and oxygen atoms in total. The highest BCUT2D eigenvalue weighted by molar-refractivity contribution is 5.67. The second-order valence-electron chi connectivity index (χ2n) is 2.11. The van der Waals surface area contributed by atoms with Gasteiger partial charge in [-0.2, -0.15) is 0 Å². The molecular formula is C6H13NO2. The zero-order chi connectivity index (χ0) is 7.28. The van der Waals surface area contributed by atoms with Crippen LogP contribution in [0.15, 0.2) is 0 Å². The predicted molar refractivity (Wildman–Crippen MR) is 35.1 cm³/mol. The van der Waals surface area contributed by atoms with Crippen molar-refractivity contribution in [2.75, 3.05) is 6.54 Å². The minimum absolute atomic E-state index is 0.155. The van der Waals surface area contributed by atoms with Crippen molar-refractivity contribution in [2.45, 2.75) is 19.8 Å². The van der Waals surface area contributed by atoms with Gasteiger partial charge in [0.15, 0.2) is 0 Å². The Labute approximate surface area is 54.9 Å². The van der Waals surface area contributed by atoms with Crippen LogP contribution in [0.3, 0.4) is 0 Å². The van der Waals surface area contributed by atoms with E-state index in [2.05, 4.69) is 0 Å². The van der Waals surface area contributed by atoms with Crippen LogP contribution in [0.2, 0.25) is 0 Å². The van der Waals surface area contributed by atoms with E-state index in [9.17, 15) is 4.79 Å². The molecule has 0 aliphatic carbocycles. The van der Waals surface area contributed by atoms with Crippen LogP contribution in [0.5, 0.6) is 0 Å². The Balaban J connectivity index is 3.43. The zero-order valence-corrected chi connectivity index (χ0v) is 5.63. The van der Waals surface area contributed by atoms with Gasteiger partial charge in [-0.25, -0.2) is 0 Å². The van der Waals surface area contributed by atoms with Crippen molar-refractivity contribution in [3.05, 3.63) is 0 Å². The van der Waals surface area contributed by atoms with Crippen LogP contribution in [-0.4, -0.2) is 17.6 Å². The van der Waals surface area contributed by atoms with Crippen molar-refractivity contribution in [1.29, 1.82) is 0 Å². The number of hydrogen-bond acceptors (Lipinski definition) is 2. The molecule has 0 unspecified atom stereocenters. The van der Waals surface area contributed by atoms with E-state index in [1.165, 1.54) is 0 Å². The minimum Gasteiger partial charge on any atom is -0.481 e. The van der Waals surface area contributed by atoms with Crippen LogP contribution < -0.4 is 5.73 Å². The quantitative estimate of drug-likeness (QED) is 0.582. The average molecular weight is 131 g/mol. The normalized spacial score (nSPS) is 13.1. The Morgan fingerprint density at radius 1 is 1.78 bits per heavy atom. The molecule has 0 rings (SSSR count). The summed E-state index contributed by atoms with van der Waals surface area (Å²) in [4.78, 5) is 10.1. The van der Waals surface area contributed by atoms with Gasteiger partial charge < -0.3 is 10.8 Å². The van der Waals surface area contributed by atoms with Gasteiger partial charge >= 0.3 is 5.97 Å². The van der Waals surface area contributed by atoms with Crippen molar-refractivity contribution in [1.82, 2.24) is 0 Å². The number of carboxylic acids is 1. The molecule has 0 spiro atoms. The molecule has 0 fully saturated rings. The maximum absolute atomic E-state index is 10.1. The SMILES string of the molecule is CC[C@H](CN)CC(=O)O. The molecule has 3 N–H and O–H groups in total. The lowest BCUT2D eigenvalue weighted by molar-refractivity contribution is -0.138. The monoisotopic (exact) mass is 131 g/mol. The van der Waals surface area contributed by atoms with Crippen LogP contribution in [-0.2, 0) is 4.79 Å². The first-order valence-electron chi connectivity index (χ1n) is 3.12. The third-order valence-electron chi connectivity index (χ3n) is 1.37. The van der Waals surface area contributed by atoms with Gasteiger partial charge in [0.25, 0.3) is 0 Å². The van der Waals surface area contributed by atoms with E-state index >= 15 is 0 Å². The smallest absolute Gasteiger partial charge is 0.303 e. The summed E-state index contributed by atoms with van der Waals surface area (Å²) in [5.74, 6) is -0.602. The van der Waals surface area contributed by atoms with Crippen molar-refractivity contribution >= 4 is 5.97 Å². The van der Waals surface area contributed by atoms with E-state index in [1.807, 2.05) is 6.92 Å². The first-order chi connectivity index (χ1) is 4.20. The van der Waals surface area contributed by atoms with Crippen molar-refractivity contribution in [3.8, 4) is 0 Å². The third kappa shape index (κ3) is 3.97. The molecule has 3 heteroatoms. The van der Waals surface area contributed by atoms with Crippen LogP contribution in [0.4, 0.5) is 0 Å². The van der Waals surface area contributed by atoms with Gasteiger partial charge in [-0.3, -0.25) is 4.79 Å². The Hall–Kier alpha value is -0.570. The largest absolute Gasteiger partial charge is 0.481 e. The van der Waals surface area contributed by atoms with Gasteiger partial charge in [-0.05, 0) is 12.5 Å². The van der Waals surface area contributed by atoms with E-state index in [0.29, 0.717) is 6.54 Å². The number of hydrogen-bond donors (Lipinski definition) is 2. The lowest BCUT2D eigenvalue weighted by Crippen LogP contribution is -2.16. The average Bonchev–Trinajstić information content (AvgIpc) is 1.82. The second-order valence-corrected chi connectivity index (χ2v) is 2.11. The van der Waals surface area contributed by atoms with E-state index < -0.39 is 5.97 Å². The highest BCUT2D eigenvalue weighted by atomic mass is 16.4. The molecule has 1 atom stereocenters. The van der Waals surface area contributed by atoms with Crippen molar-refractivity contribution < 1.29 is 9.90 Å². The molecule has 0 aromatic heterocycles. The molecular weight excluding hydrogens is 118 g/mol. The number of carbonyl (C=O) groups is 1. The maximum atomic E-state index is 10.1. The Bertz CT molecular complexity index is 89.1. The zero-order valence-electron chi connectivity index (χ0n) is 5.63. The fraction of sp³-hybridized carbons (Fsp3) is 0.833. The summed E-state index contributed by atoms with van der Waals surface area (Å²) in [6.07, 6.45) is 1.05. The first-order valence-corrected chi connectivity index (χ1v) is 3.12. The van der Waals surface area contributed by atoms with Gasteiger partial charge in [-0.1, -0.05) is 13.3 Å². The topological polar surface area (TPSA) is 63.3 Å². The van der Waals surface area contributed by atoms with Crippen LogP contribution >= 0.6 is 0 Å². The molecule has 54 valence electrons. The fourth-order valence-corrected chi connectivity index (χ4v) is 0.641. The lowest BCUT2D eigenvalue weighted by atomic mass is 10.0. The van der Waals surface area contributed by atoms with Crippen molar-refractivity contribution in [2.24, 2.45) is 11.7 Å². The summed E-state index contributed by atoms with van der Waals surface area (Å²) >= 11 is 0. The summed E-state index contributed by atoms with van der Waals surface area (Å²) in [5.41, 5.74) is 5.27. The molecule has 0 aromatic rings. The molecule has 0 amide bonds. The van der Waals surface area contributed by atoms with Crippen LogP contribution in [0.1, 0.15) is 19.8 Å². The van der Waals surface area contributed by atoms with Gasteiger partial charge in [0.1, 0.15) is 0 Å². The van der Waals surface area contributed by atoms with Crippen LogP contribution in [0, 0.1) is 5.92 Å². The number of aliphatic carboxylic acids is 1. The second kappa shape index (κ2) is 4.32. The third-order valence-corrected chi connectivity index (χ3v) is 1.37. The summed E-state index contributed by atoms with van der Waals surface area (Å²) < 4.78 is 0. The van der Waals surface area contributed by atoms with E-state index in [1.54, 1.807) is 0 Å².